The molecular formula is C29H38F5NO2. The molecule has 206 valence electrons. The van der Waals surface area contributed by atoms with Gasteiger partial charge in [0.2, 0.25) is 0 Å². The first-order chi connectivity index (χ1) is 17.3. The third-order valence-corrected chi connectivity index (χ3v) is 7.77. The quantitative estimate of drug-likeness (QED) is 0.202. The third kappa shape index (κ3) is 7.14. The van der Waals surface area contributed by atoms with Gasteiger partial charge in [-0.3, -0.25) is 0 Å². The lowest BCUT2D eigenvalue weighted by molar-refractivity contribution is -0.278. The Bertz CT molecular complexity index is 959. The van der Waals surface area contributed by atoms with Crippen molar-refractivity contribution in [1.82, 2.24) is 5.32 Å². The lowest BCUT2D eigenvalue weighted by atomic mass is 9.63. The van der Waals surface area contributed by atoms with Gasteiger partial charge in [-0.05, 0) is 79.9 Å². The van der Waals surface area contributed by atoms with Crippen LogP contribution in [0.25, 0.3) is 0 Å². The minimum absolute atomic E-state index is 0.0215. The van der Waals surface area contributed by atoms with Crippen LogP contribution in [0.4, 0.5) is 22.0 Å². The van der Waals surface area contributed by atoms with Gasteiger partial charge in [-0.1, -0.05) is 43.9 Å². The largest absolute Gasteiger partial charge is 0.455 e. The molecule has 0 spiro atoms. The number of allylic oxidation sites excluding steroid dienone is 4. The Balaban J connectivity index is 0.00000235. The predicted molar refractivity (Wildman–Crippen MR) is 137 cm³/mol. The number of terminal acetylenes is 1. The highest BCUT2D eigenvalue weighted by Crippen LogP contribution is 2.55. The average molecular weight is 528 g/mol. The molecule has 3 rings (SSSR count). The van der Waals surface area contributed by atoms with E-state index in [1.165, 1.54) is 5.57 Å². The summed E-state index contributed by atoms with van der Waals surface area (Å²) in [6.07, 6.45) is 14.6. The summed E-state index contributed by atoms with van der Waals surface area (Å²) in [4.78, 5) is 0. The van der Waals surface area contributed by atoms with Crippen molar-refractivity contribution in [2.75, 3.05) is 13.2 Å². The fourth-order valence-electron chi connectivity index (χ4n) is 5.62. The molecule has 0 amide bonds. The number of rotatable bonds is 8. The maximum Gasteiger partial charge on any atom is 0.455 e. The summed E-state index contributed by atoms with van der Waals surface area (Å²) in [5, 5.41) is 12.1. The highest BCUT2D eigenvalue weighted by atomic mass is 19.4. The predicted octanol–water partition coefficient (Wildman–Crippen LogP) is 7.03. The van der Waals surface area contributed by atoms with Crippen LogP contribution in [0.3, 0.4) is 0 Å². The van der Waals surface area contributed by atoms with E-state index >= 15 is 0 Å². The normalized spacial score (nSPS) is 29.2. The number of hydrogen-bond donors (Lipinski definition) is 2. The lowest BCUT2D eigenvalue weighted by Crippen LogP contribution is -2.45. The van der Waals surface area contributed by atoms with Gasteiger partial charge >= 0.3 is 12.1 Å². The van der Waals surface area contributed by atoms with Crippen molar-refractivity contribution in [1.29, 1.82) is 0 Å². The fourth-order valence-corrected chi connectivity index (χ4v) is 5.62. The topological polar surface area (TPSA) is 41.5 Å². The smallest absolute Gasteiger partial charge is 0.388 e. The zero-order valence-corrected chi connectivity index (χ0v) is 21.6. The first-order valence-electron chi connectivity index (χ1n) is 12.5. The Morgan fingerprint density at radius 2 is 1.92 bits per heavy atom. The zero-order valence-electron chi connectivity index (χ0n) is 21.6. The van der Waals surface area contributed by atoms with Crippen LogP contribution >= 0.6 is 0 Å². The Hall–Kier alpha value is -2.37. The van der Waals surface area contributed by atoms with E-state index in [2.05, 4.69) is 56.5 Å². The van der Waals surface area contributed by atoms with Crippen molar-refractivity contribution in [2.45, 2.75) is 83.1 Å². The van der Waals surface area contributed by atoms with Crippen LogP contribution in [-0.2, 0) is 4.74 Å². The summed E-state index contributed by atoms with van der Waals surface area (Å²) in [5.41, 5.74) is 4.27. The highest BCUT2D eigenvalue weighted by Gasteiger charge is 2.57. The van der Waals surface area contributed by atoms with Gasteiger partial charge in [0.1, 0.15) is 0 Å². The molecule has 0 radical (unpaired) electrons. The number of hydrogen-bond acceptors (Lipinski definition) is 3. The summed E-state index contributed by atoms with van der Waals surface area (Å²) in [6.45, 7) is 9.95. The van der Waals surface area contributed by atoms with E-state index in [1.54, 1.807) is 0 Å². The second-order valence-corrected chi connectivity index (χ2v) is 10.2. The third-order valence-electron chi connectivity index (χ3n) is 7.77. The zero-order chi connectivity index (χ0) is 28.0. The first kappa shape index (κ1) is 30.9. The molecule has 2 N–H and O–H groups in total. The van der Waals surface area contributed by atoms with Gasteiger partial charge in [0.05, 0.1) is 25.4 Å². The number of ether oxygens (including phenoxy) is 1. The molecule has 0 bridgehead atoms. The Kier molecular flexibility index (Phi) is 10.4. The van der Waals surface area contributed by atoms with Crippen LogP contribution in [0.2, 0.25) is 0 Å². The fraction of sp³-hybridized carbons (Fsp3) is 0.586. The van der Waals surface area contributed by atoms with Crippen molar-refractivity contribution >= 4 is 0 Å². The standard InChI is InChI=1S/C27H36F5NO2.C2H2/c1-17(33-16-26(28,29)27(30,31)32)15-35-19(3)22-12-13-23-21(8-6-14-25(22,23)4)11-10-20-7-5-9-24(34)18(20)2;1-2/h10-12,19,23-24,33-34H,1-2,5-9,13-16H2,3-4H3;1-2H/b20-10-,21-11+;/t19-,23?,24?,25+;/m0./s1. The number of halogens is 5. The van der Waals surface area contributed by atoms with Crippen molar-refractivity contribution in [3.05, 3.63) is 59.4 Å². The van der Waals surface area contributed by atoms with E-state index in [9.17, 15) is 27.1 Å². The van der Waals surface area contributed by atoms with Gasteiger partial charge in [0.15, 0.2) is 0 Å². The van der Waals surface area contributed by atoms with Gasteiger partial charge in [-0.25, -0.2) is 0 Å². The molecule has 8 heteroatoms. The molecule has 3 nitrogen and oxygen atoms in total. The van der Waals surface area contributed by atoms with Crippen molar-refractivity contribution in [3.8, 4) is 12.8 Å². The lowest BCUT2D eigenvalue weighted by Gasteiger charge is -2.42. The Labute approximate surface area is 217 Å². The SMILES string of the molecule is C#C.C=C(CO[C@@H](C)C1=CCC2/C(=C/C=C3/CCCC(O)C3=C)CCC[C@]12C)NCC(F)(F)C(F)(F)F. The number of alkyl halides is 5. The van der Waals surface area contributed by atoms with Crippen molar-refractivity contribution < 1.29 is 31.8 Å². The van der Waals surface area contributed by atoms with Crippen LogP contribution in [0, 0.1) is 24.2 Å². The van der Waals surface area contributed by atoms with E-state index in [4.69, 9.17) is 4.74 Å². The Morgan fingerprint density at radius 1 is 1.24 bits per heavy atom. The summed E-state index contributed by atoms with van der Waals surface area (Å²) < 4.78 is 69.1. The second-order valence-electron chi connectivity index (χ2n) is 10.2. The number of aliphatic hydroxyl groups excluding tert-OH is 1. The van der Waals surface area contributed by atoms with Crippen LogP contribution in [0.1, 0.15) is 58.8 Å². The summed E-state index contributed by atoms with van der Waals surface area (Å²) in [6, 6.07) is 0. The van der Waals surface area contributed by atoms with Gasteiger partial charge in [-0.15, -0.1) is 12.8 Å². The number of fused-ring (bicyclic) bond motifs is 1. The van der Waals surface area contributed by atoms with Crippen LogP contribution in [0.5, 0.6) is 0 Å². The monoisotopic (exact) mass is 527 g/mol. The molecular weight excluding hydrogens is 489 g/mol. The van der Waals surface area contributed by atoms with E-state index in [0.717, 1.165) is 61.7 Å². The molecule has 4 atom stereocenters. The van der Waals surface area contributed by atoms with Crippen LogP contribution in [-0.4, -0.2) is 42.6 Å². The van der Waals surface area contributed by atoms with E-state index in [1.807, 2.05) is 6.92 Å². The van der Waals surface area contributed by atoms with Crippen LogP contribution < -0.4 is 5.32 Å². The highest BCUT2D eigenvalue weighted by molar-refractivity contribution is 5.39. The maximum absolute atomic E-state index is 13.1. The summed E-state index contributed by atoms with van der Waals surface area (Å²) >= 11 is 0. The van der Waals surface area contributed by atoms with Crippen LogP contribution in [0.15, 0.2) is 59.4 Å². The van der Waals surface area contributed by atoms with E-state index < -0.39 is 24.7 Å². The first-order valence-corrected chi connectivity index (χ1v) is 12.5. The van der Waals surface area contributed by atoms with E-state index in [0.29, 0.717) is 5.92 Å². The molecule has 0 aliphatic heterocycles. The molecule has 2 fully saturated rings. The molecule has 2 saturated carbocycles. The number of aliphatic hydroxyl groups is 1. The molecule has 3 aliphatic rings. The van der Waals surface area contributed by atoms with Gasteiger partial charge in [0, 0.05) is 5.70 Å². The minimum Gasteiger partial charge on any atom is -0.388 e. The Morgan fingerprint density at radius 3 is 2.57 bits per heavy atom. The molecule has 0 aromatic heterocycles. The second kappa shape index (κ2) is 12.4. The molecule has 2 unspecified atom stereocenters. The molecule has 0 heterocycles. The molecule has 0 aromatic carbocycles. The summed E-state index contributed by atoms with van der Waals surface area (Å²) in [7, 11) is 0. The van der Waals surface area contributed by atoms with Gasteiger partial charge < -0.3 is 15.2 Å². The maximum atomic E-state index is 13.1. The molecule has 0 saturated heterocycles. The molecule has 3 aliphatic carbocycles. The molecule has 37 heavy (non-hydrogen) atoms. The summed E-state index contributed by atoms with van der Waals surface area (Å²) in [5.74, 6) is -4.51. The van der Waals surface area contributed by atoms with Gasteiger partial charge in [-0.2, -0.15) is 22.0 Å². The van der Waals surface area contributed by atoms with Crippen molar-refractivity contribution in [3.63, 3.8) is 0 Å². The average Bonchev–Trinajstić information content (AvgIpc) is 3.20. The molecule has 0 aromatic rings. The van der Waals surface area contributed by atoms with Crippen molar-refractivity contribution in [2.24, 2.45) is 11.3 Å². The van der Waals surface area contributed by atoms with Gasteiger partial charge in [0.25, 0.3) is 0 Å². The van der Waals surface area contributed by atoms with E-state index in [-0.39, 0.29) is 23.8 Å². The number of nitrogens with one attached hydrogen (secondary N) is 1. The minimum atomic E-state index is -5.61.